The Morgan fingerprint density at radius 3 is 2.24 bits per heavy atom. The van der Waals surface area contributed by atoms with Gasteiger partial charge in [0.1, 0.15) is 0 Å². The third kappa shape index (κ3) is 3.36. The molecule has 0 heterocycles. The Hall–Kier alpha value is -0.730. The molecule has 2 N–H and O–H groups in total. The zero-order valence-electron chi connectivity index (χ0n) is 11.2. The smallest absolute Gasteiger partial charge is 0.191 e. The predicted molar refractivity (Wildman–Crippen MR) is 73.1 cm³/mol. The first-order valence-corrected chi connectivity index (χ1v) is 7.41. The van der Waals surface area contributed by atoms with E-state index in [0.717, 1.165) is 12.5 Å². The molecule has 0 aromatic carbocycles. The maximum Gasteiger partial charge on any atom is 0.191 e. The van der Waals surface area contributed by atoms with Crippen LogP contribution in [0.25, 0.3) is 0 Å². The van der Waals surface area contributed by atoms with Crippen molar-refractivity contribution in [1.82, 2.24) is 4.90 Å². The molecular weight excluding hydrogens is 210 g/mol. The van der Waals surface area contributed by atoms with Crippen LogP contribution in [-0.2, 0) is 0 Å². The van der Waals surface area contributed by atoms with Crippen molar-refractivity contribution in [3.63, 3.8) is 0 Å². The number of nitrogens with two attached hydrogens (primary N) is 1. The van der Waals surface area contributed by atoms with Gasteiger partial charge in [0.05, 0.1) is 6.04 Å². The van der Waals surface area contributed by atoms with Crippen LogP contribution in [0, 0.1) is 0 Å². The van der Waals surface area contributed by atoms with E-state index in [1.807, 2.05) is 0 Å². The third-order valence-electron chi connectivity index (χ3n) is 4.29. The van der Waals surface area contributed by atoms with E-state index in [-0.39, 0.29) is 0 Å². The van der Waals surface area contributed by atoms with Crippen LogP contribution in [0.1, 0.15) is 64.7 Å². The van der Waals surface area contributed by atoms with E-state index >= 15 is 0 Å². The van der Waals surface area contributed by atoms with Crippen LogP contribution in [0.3, 0.4) is 0 Å². The van der Waals surface area contributed by atoms with E-state index < -0.39 is 0 Å². The predicted octanol–water partition coefficient (Wildman–Crippen LogP) is 2.90. The van der Waals surface area contributed by atoms with Gasteiger partial charge in [-0.25, -0.2) is 4.99 Å². The summed E-state index contributed by atoms with van der Waals surface area (Å²) in [6.07, 6.45) is 11.8. The molecule has 0 aliphatic heterocycles. The van der Waals surface area contributed by atoms with Crippen molar-refractivity contribution in [1.29, 1.82) is 0 Å². The van der Waals surface area contributed by atoms with Crippen LogP contribution in [0.2, 0.25) is 0 Å². The Labute approximate surface area is 105 Å². The van der Waals surface area contributed by atoms with Gasteiger partial charge in [0.2, 0.25) is 0 Å². The Morgan fingerprint density at radius 2 is 1.65 bits per heavy atom. The van der Waals surface area contributed by atoms with E-state index in [1.165, 1.54) is 57.8 Å². The molecule has 2 fully saturated rings. The molecule has 0 aromatic rings. The van der Waals surface area contributed by atoms with Crippen LogP contribution in [0.15, 0.2) is 4.99 Å². The van der Waals surface area contributed by atoms with Crippen LogP contribution in [0.5, 0.6) is 0 Å². The minimum atomic E-state index is 0.499. The number of hydrogen-bond acceptors (Lipinski definition) is 1. The van der Waals surface area contributed by atoms with Gasteiger partial charge in [-0.2, -0.15) is 0 Å². The molecule has 0 spiro atoms. The van der Waals surface area contributed by atoms with Gasteiger partial charge in [-0.05, 0) is 32.6 Å². The molecule has 2 rings (SSSR count). The molecule has 3 heteroatoms. The van der Waals surface area contributed by atoms with Gasteiger partial charge in [0.25, 0.3) is 0 Å². The highest BCUT2D eigenvalue weighted by molar-refractivity contribution is 5.78. The number of aliphatic imine (C=N–C) groups is 1. The van der Waals surface area contributed by atoms with Crippen molar-refractivity contribution in [2.45, 2.75) is 76.8 Å². The molecule has 0 amide bonds. The van der Waals surface area contributed by atoms with Crippen molar-refractivity contribution >= 4 is 5.96 Å². The summed E-state index contributed by atoms with van der Waals surface area (Å²) in [4.78, 5) is 7.11. The fraction of sp³-hybridized carbons (Fsp3) is 0.929. The molecule has 2 aliphatic carbocycles. The van der Waals surface area contributed by atoms with Crippen LogP contribution in [0.4, 0.5) is 0 Å². The fourth-order valence-corrected chi connectivity index (χ4v) is 3.29. The molecule has 0 saturated heterocycles. The molecule has 0 radical (unpaired) electrons. The first-order valence-electron chi connectivity index (χ1n) is 7.41. The Morgan fingerprint density at radius 1 is 1.06 bits per heavy atom. The van der Waals surface area contributed by atoms with E-state index in [0.29, 0.717) is 12.1 Å². The fourth-order valence-electron chi connectivity index (χ4n) is 3.29. The Balaban J connectivity index is 1.94. The molecule has 17 heavy (non-hydrogen) atoms. The molecule has 0 bridgehead atoms. The third-order valence-corrected chi connectivity index (χ3v) is 4.29. The Kier molecular flexibility index (Phi) is 4.69. The molecule has 0 atom stereocenters. The lowest BCUT2D eigenvalue weighted by molar-refractivity contribution is 0.320. The lowest BCUT2D eigenvalue weighted by Gasteiger charge is -2.30. The summed E-state index contributed by atoms with van der Waals surface area (Å²) < 4.78 is 0. The first-order chi connectivity index (χ1) is 8.31. The lowest BCUT2D eigenvalue weighted by atomic mass is 9.96. The van der Waals surface area contributed by atoms with Crippen LogP contribution >= 0.6 is 0 Å². The van der Waals surface area contributed by atoms with E-state index in [2.05, 4.69) is 11.8 Å². The number of nitrogens with zero attached hydrogens (tertiary/aromatic N) is 2. The molecule has 3 nitrogen and oxygen atoms in total. The maximum atomic E-state index is 6.22. The second kappa shape index (κ2) is 6.27. The highest BCUT2D eigenvalue weighted by Crippen LogP contribution is 2.24. The maximum absolute atomic E-state index is 6.22. The van der Waals surface area contributed by atoms with Gasteiger partial charge in [-0.3, -0.25) is 0 Å². The summed E-state index contributed by atoms with van der Waals surface area (Å²) in [6.45, 7) is 3.20. The van der Waals surface area contributed by atoms with Crippen LogP contribution < -0.4 is 5.73 Å². The van der Waals surface area contributed by atoms with Crippen molar-refractivity contribution < 1.29 is 0 Å². The SMILES string of the molecule is CCN(C(N)=NC1CCCCC1)C1CCCC1. The van der Waals surface area contributed by atoms with Crippen molar-refractivity contribution in [3.05, 3.63) is 0 Å². The molecular formula is C14H27N3. The van der Waals surface area contributed by atoms with Gasteiger partial charge in [0.15, 0.2) is 5.96 Å². The topological polar surface area (TPSA) is 41.6 Å². The number of guanidine groups is 1. The minimum Gasteiger partial charge on any atom is -0.370 e. The van der Waals surface area contributed by atoms with Gasteiger partial charge < -0.3 is 10.6 Å². The van der Waals surface area contributed by atoms with Gasteiger partial charge in [-0.15, -0.1) is 0 Å². The largest absolute Gasteiger partial charge is 0.370 e. The highest BCUT2D eigenvalue weighted by Gasteiger charge is 2.23. The number of rotatable bonds is 3. The standard InChI is InChI=1S/C14H27N3/c1-2-17(13-10-6-7-11-13)14(15)16-12-8-4-3-5-9-12/h12-13H,2-11H2,1H3,(H2,15,16). The quantitative estimate of drug-likeness (QED) is 0.606. The second-order valence-electron chi connectivity index (χ2n) is 5.50. The first kappa shape index (κ1) is 12.7. The zero-order valence-corrected chi connectivity index (χ0v) is 11.2. The summed E-state index contributed by atoms with van der Waals surface area (Å²) in [7, 11) is 0. The molecule has 0 aromatic heterocycles. The summed E-state index contributed by atoms with van der Waals surface area (Å²) >= 11 is 0. The van der Waals surface area contributed by atoms with E-state index in [1.54, 1.807) is 0 Å². The van der Waals surface area contributed by atoms with E-state index in [9.17, 15) is 0 Å². The average Bonchev–Trinajstić information content (AvgIpc) is 2.85. The molecule has 2 saturated carbocycles. The van der Waals surface area contributed by atoms with E-state index in [4.69, 9.17) is 10.7 Å². The summed E-state index contributed by atoms with van der Waals surface area (Å²) in [6, 6.07) is 1.16. The van der Waals surface area contributed by atoms with Crippen molar-refractivity contribution in [3.8, 4) is 0 Å². The van der Waals surface area contributed by atoms with Gasteiger partial charge in [0, 0.05) is 12.6 Å². The van der Waals surface area contributed by atoms with Gasteiger partial charge >= 0.3 is 0 Å². The zero-order chi connectivity index (χ0) is 12.1. The number of hydrogen-bond donors (Lipinski definition) is 1. The molecule has 98 valence electrons. The summed E-state index contributed by atoms with van der Waals surface area (Å²) in [5, 5.41) is 0. The second-order valence-corrected chi connectivity index (χ2v) is 5.50. The highest BCUT2D eigenvalue weighted by atomic mass is 15.3. The average molecular weight is 237 g/mol. The normalized spacial score (nSPS) is 24.2. The Bertz CT molecular complexity index is 250. The molecule has 0 unspecified atom stereocenters. The lowest BCUT2D eigenvalue weighted by Crippen LogP contribution is -2.44. The van der Waals surface area contributed by atoms with Gasteiger partial charge in [-0.1, -0.05) is 32.1 Å². The van der Waals surface area contributed by atoms with Crippen molar-refractivity contribution in [2.24, 2.45) is 10.7 Å². The monoisotopic (exact) mass is 237 g/mol. The summed E-state index contributed by atoms with van der Waals surface area (Å²) in [5.74, 6) is 0.811. The molecule has 2 aliphatic rings. The minimum absolute atomic E-state index is 0.499. The van der Waals surface area contributed by atoms with Crippen LogP contribution in [-0.4, -0.2) is 29.5 Å². The summed E-state index contributed by atoms with van der Waals surface area (Å²) in [5.41, 5.74) is 6.22. The van der Waals surface area contributed by atoms with Crippen molar-refractivity contribution in [2.75, 3.05) is 6.54 Å².